The number of carbonyl (C=O) groups is 1. The fourth-order valence-electron chi connectivity index (χ4n) is 3.59. The number of ether oxygens (including phenoxy) is 1. The largest absolute Gasteiger partial charge is 0.484 e. The topological polar surface area (TPSA) is 100 Å². The van der Waals surface area contributed by atoms with Crippen LogP contribution in [0.25, 0.3) is 10.9 Å². The molecule has 8 heteroatoms. The molecule has 7 nitrogen and oxygen atoms in total. The lowest BCUT2D eigenvalue weighted by Gasteiger charge is -2.13. The maximum absolute atomic E-state index is 12.2. The SMILES string of the molecule is Cc1cc(COc2cc3[nH]c(CNC(=O)[C@H]4CCC[C@H]4O)cc3cc2Cl)on1. The molecule has 0 aliphatic heterocycles. The summed E-state index contributed by atoms with van der Waals surface area (Å²) in [6, 6.07) is 7.40. The summed E-state index contributed by atoms with van der Waals surface area (Å²) >= 11 is 6.33. The van der Waals surface area contributed by atoms with Crippen LogP contribution >= 0.6 is 11.6 Å². The number of hydrogen-bond donors (Lipinski definition) is 3. The van der Waals surface area contributed by atoms with Crippen molar-refractivity contribution in [2.45, 2.75) is 45.4 Å². The number of carbonyl (C=O) groups excluding carboxylic acids is 1. The van der Waals surface area contributed by atoms with Gasteiger partial charge in [-0.15, -0.1) is 0 Å². The van der Waals surface area contributed by atoms with Crippen molar-refractivity contribution >= 4 is 28.4 Å². The molecule has 0 unspecified atom stereocenters. The first-order chi connectivity index (χ1) is 13.5. The van der Waals surface area contributed by atoms with Crippen molar-refractivity contribution in [1.82, 2.24) is 15.5 Å². The van der Waals surface area contributed by atoms with Gasteiger partial charge in [-0.2, -0.15) is 0 Å². The molecular formula is C20H22ClN3O4. The Labute approximate surface area is 167 Å². The zero-order valence-electron chi connectivity index (χ0n) is 15.5. The van der Waals surface area contributed by atoms with E-state index < -0.39 is 6.10 Å². The van der Waals surface area contributed by atoms with Gasteiger partial charge in [-0.25, -0.2) is 0 Å². The van der Waals surface area contributed by atoms with Crippen LogP contribution in [0.1, 0.15) is 36.4 Å². The van der Waals surface area contributed by atoms with Crippen LogP contribution in [0.3, 0.4) is 0 Å². The number of halogens is 1. The van der Waals surface area contributed by atoms with Crippen molar-refractivity contribution in [1.29, 1.82) is 0 Å². The summed E-state index contributed by atoms with van der Waals surface area (Å²) in [4.78, 5) is 15.5. The van der Waals surface area contributed by atoms with Crippen molar-refractivity contribution in [2.24, 2.45) is 5.92 Å². The summed E-state index contributed by atoms with van der Waals surface area (Å²) in [6.45, 7) is 2.44. The predicted molar refractivity (Wildman–Crippen MR) is 104 cm³/mol. The monoisotopic (exact) mass is 403 g/mol. The smallest absolute Gasteiger partial charge is 0.226 e. The molecule has 1 fully saturated rings. The summed E-state index contributed by atoms with van der Waals surface area (Å²) < 4.78 is 10.9. The number of aliphatic hydroxyl groups excluding tert-OH is 1. The second kappa shape index (κ2) is 7.85. The van der Waals surface area contributed by atoms with E-state index in [0.29, 0.717) is 29.5 Å². The molecule has 2 heterocycles. The van der Waals surface area contributed by atoms with E-state index in [4.69, 9.17) is 20.9 Å². The number of fused-ring (bicyclic) bond motifs is 1. The molecule has 0 spiro atoms. The van der Waals surface area contributed by atoms with E-state index in [1.54, 1.807) is 0 Å². The molecule has 0 saturated heterocycles. The number of aromatic nitrogens is 2. The minimum atomic E-state index is -0.533. The second-order valence-corrected chi connectivity index (χ2v) is 7.62. The molecule has 1 amide bonds. The van der Waals surface area contributed by atoms with Crippen LogP contribution in [0.5, 0.6) is 5.75 Å². The lowest BCUT2D eigenvalue weighted by atomic mass is 10.1. The van der Waals surface area contributed by atoms with Gasteiger partial charge in [0, 0.05) is 28.7 Å². The minimum Gasteiger partial charge on any atom is -0.484 e. The number of H-pyrrole nitrogens is 1. The Morgan fingerprint density at radius 2 is 2.25 bits per heavy atom. The van der Waals surface area contributed by atoms with Gasteiger partial charge in [0.15, 0.2) is 5.76 Å². The van der Waals surface area contributed by atoms with E-state index in [1.807, 2.05) is 31.2 Å². The zero-order chi connectivity index (χ0) is 19.7. The number of benzene rings is 1. The average molecular weight is 404 g/mol. The van der Waals surface area contributed by atoms with Crippen LogP contribution in [-0.4, -0.2) is 27.3 Å². The molecular weight excluding hydrogens is 382 g/mol. The van der Waals surface area contributed by atoms with Crippen molar-refractivity contribution in [3.8, 4) is 5.75 Å². The molecule has 1 aliphatic carbocycles. The Morgan fingerprint density at radius 1 is 1.39 bits per heavy atom. The second-order valence-electron chi connectivity index (χ2n) is 7.21. The molecule has 0 bridgehead atoms. The van der Waals surface area contributed by atoms with Crippen molar-refractivity contribution < 1.29 is 19.2 Å². The highest BCUT2D eigenvalue weighted by molar-refractivity contribution is 6.32. The quantitative estimate of drug-likeness (QED) is 0.585. The molecule has 1 aliphatic rings. The predicted octanol–water partition coefficient (Wildman–Crippen LogP) is 3.47. The standard InChI is InChI=1S/C20H22ClN3O4/c1-11-5-14(28-24-11)10-27-19-8-17-12(7-16(19)21)6-13(23-17)9-22-20(26)15-3-2-4-18(15)25/h5-8,15,18,23,25H,2-4,9-10H2,1H3,(H,22,26)/t15-,18+/m0/s1. The van der Waals surface area contributed by atoms with Crippen molar-refractivity contribution in [2.75, 3.05) is 0 Å². The zero-order valence-corrected chi connectivity index (χ0v) is 16.3. The van der Waals surface area contributed by atoms with Gasteiger partial charge in [0.05, 0.1) is 29.3 Å². The summed E-state index contributed by atoms with van der Waals surface area (Å²) in [5, 5.41) is 18.0. The summed E-state index contributed by atoms with van der Waals surface area (Å²) in [6.07, 6.45) is 1.79. The van der Waals surface area contributed by atoms with Gasteiger partial charge in [-0.05, 0) is 38.3 Å². The molecule has 1 aromatic carbocycles. The molecule has 1 saturated carbocycles. The lowest BCUT2D eigenvalue weighted by Crippen LogP contribution is -2.34. The van der Waals surface area contributed by atoms with Gasteiger partial charge in [0.25, 0.3) is 0 Å². The van der Waals surface area contributed by atoms with Crippen LogP contribution in [0, 0.1) is 12.8 Å². The molecule has 28 heavy (non-hydrogen) atoms. The van der Waals surface area contributed by atoms with E-state index in [2.05, 4.69) is 15.5 Å². The normalized spacial score (nSPS) is 19.2. The van der Waals surface area contributed by atoms with Gasteiger partial charge in [0.2, 0.25) is 5.91 Å². The Balaban J connectivity index is 1.42. The third kappa shape index (κ3) is 4.00. The highest BCUT2D eigenvalue weighted by Gasteiger charge is 2.31. The first-order valence-electron chi connectivity index (χ1n) is 9.31. The van der Waals surface area contributed by atoms with Crippen molar-refractivity contribution in [3.05, 3.63) is 46.4 Å². The number of hydrogen-bond acceptors (Lipinski definition) is 5. The van der Waals surface area contributed by atoms with Gasteiger partial charge >= 0.3 is 0 Å². The summed E-state index contributed by atoms with van der Waals surface area (Å²) in [7, 11) is 0. The number of aromatic amines is 1. The summed E-state index contributed by atoms with van der Waals surface area (Å²) in [5.74, 6) is 0.749. The van der Waals surface area contributed by atoms with Gasteiger partial charge in [-0.1, -0.05) is 16.8 Å². The van der Waals surface area contributed by atoms with Crippen LogP contribution in [0.2, 0.25) is 5.02 Å². The fourth-order valence-corrected chi connectivity index (χ4v) is 3.82. The van der Waals surface area contributed by atoms with Gasteiger partial charge < -0.3 is 24.7 Å². The number of amides is 1. The molecule has 2 atom stereocenters. The van der Waals surface area contributed by atoms with Gasteiger partial charge in [-0.3, -0.25) is 4.79 Å². The van der Waals surface area contributed by atoms with E-state index in [1.165, 1.54) is 0 Å². The molecule has 0 radical (unpaired) electrons. The molecule has 148 valence electrons. The molecule has 3 N–H and O–H groups in total. The fraction of sp³-hybridized carbons (Fsp3) is 0.400. The number of aliphatic hydroxyl groups is 1. The number of nitrogens with one attached hydrogen (secondary N) is 2. The Bertz CT molecular complexity index is 997. The van der Waals surface area contributed by atoms with E-state index >= 15 is 0 Å². The van der Waals surface area contributed by atoms with Gasteiger partial charge in [0.1, 0.15) is 12.4 Å². The Morgan fingerprint density at radius 3 is 2.96 bits per heavy atom. The van der Waals surface area contributed by atoms with Crippen LogP contribution in [0.15, 0.2) is 28.8 Å². The highest BCUT2D eigenvalue weighted by atomic mass is 35.5. The number of aryl methyl sites for hydroxylation is 1. The third-order valence-electron chi connectivity index (χ3n) is 5.05. The van der Waals surface area contributed by atoms with Crippen LogP contribution in [0.4, 0.5) is 0 Å². The highest BCUT2D eigenvalue weighted by Crippen LogP contribution is 2.31. The Kier molecular flexibility index (Phi) is 5.28. The molecule has 2 aromatic heterocycles. The third-order valence-corrected chi connectivity index (χ3v) is 5.34. The Hall–Kier alpha value is -2.51. The minimum absolute atomic E-state index is 0.104. The lowest BCUT2D eigenvalue weighted by molar-refractivity contribution is -0.127. The van der Waals surface area contributed by atoms with Crippen LogP contribution < -0.4 is 10.1 Å². The maximum Gasteiger partial charge on any atom is 0.226 e. The maximum atomic E-state index is 12.2. The number of nitrogens with zero attached hydrogens (tertiary/aromatic N) is 1. The van der Waals surface area contributed by atoms with Crippen LogP contribution in [-0.2, 0) is 17.9 Å². The molecule has 3 aromatic rings. The van der Waals surface area contributed by atoms with Crippen molar-refractivity contribution in [3.63, 3.8) is 0 Å². The average Bonchev–Trinajstić information content (AvgIpc) is 3.37. The molecule has 4 rings (SSSR count). The van der Waals surface area contributed by atoms with E-state index in [0.717, 1.165) is 35.1 Å². The van der Waals surface area contributed by atoms with E-state index in [9.17, 15) is 9.90 Å². The first kappa shape index (κ1) is 18.8. The number of rotatable bonds is 6. The first-order valence-corrected chi connectivity index (χ1v) is 9.69. The summed E-state index contributed by atoms with van der Waals surface area (Å²) in [5.41, 5.74) is 2.51. The van der Waals surface area contributed by atoms with E-state index in [-0.39, 0.29) is 18.4 Å².